The molecule has 3 rings (SSSR count). The predicted octanol–water partition coefficient (Wildman–Crippen LogP) is 4.44. The summed E-state index contributed by atoms with van der Waals surface area (Å²) < 4.78 is 5.48. The molecule has 0 bridgehead atoms. The molecule has 29 heavy (non-hydrogen) atoms. The number of hydrogen-bond donors (Lipinski definition) is 1. The van der Waals surface area contributed by atoms with Crippen LogP contribution >= 0.6 is 36.2 Å². The van der Waals surface area contributed by atoms with Gasteiger partial charge in [0.15, 0.2) is 0 Å². The van der Waals surface area contributed by atoms with Crippen molar-refractivity contribution in [2.75, 3.05) is 32.8 Å². The number of amides is 1. The van der Waals surface area contributed by atoms with Gasteiger partial charge in [0, 0.05) is 24.0 Å². The van der Waals surface area contributed by atoms with Crippen LogP contribution in [0.4, 0.5) is 0 Å². The summed E-state index contributed by atoms with van der Waals surface area (Å²) in [6.45, 7) is 8.58. The van der Waals surface area contributed by atoms with Crippen LogP contribution in [0.15, 0.2) is 29.6 Å². The van der Waals surface area contributed by atoms with Crippen molar-refractivity contribution in [2.45, 2.75) is 33.1 Å². The van der Waals surface area contributed by atoms with E-state index in [1.807, 2.05) is 41.5 Å². The number of aromatic nitrogens is 1. The number of carbonyl (C=O) groups is 1. The number of thiazole rings is 1. The van der Waals surface area contributed by atoms with Crippen LogP contribution < -0.4 is 10.1 Å². The highest BCUT2D eigenvalue weighted by Crippen LogP contribution is 2.26. The van der Waals surface area contributed by atoms with Crippen molar-refractivity contribution >= 4 is 42.1 Å². The number of rotatable bonds is 8. The van der Waals surface area contributed by atoms with Gasteiger partial charge in [-0.3, -0.25) is 4.79 Å². The molecule has 0 spiro atoms. The molecule has 2 heterocycles. The van der Waals surface area contributed by atoms with Crippen molar-refractivity contribution in [1.29, 1.82) is 0 Å². The zero-order chi connectivity index (χ0) is 19.1. The lowest BCUT2D eigenvalue weighted by Gasteiger charge is -2.32. The Kier molecular flexibility index (Phi) is 11.6. The quantitative estimate of drug-likeness (QED) is 0.633. The van der Waals surface area contributed by atoms with Crippen molar-refractivity contribution in [3.05, 3.63) is 35.3 Å². The van der Waals surface area contributed by atoms with Gasteiger partial charge in [0.25, 0.3) is 0 Å². The Morgan fingerprint density at radius 1 is 1.21 bits per heavy atom. The third kappa shape index (κ3) is 7.45. The van der Waals surface area contributed by atoms with E-state index in [9.17, 15) is 4.79 Å². The number of piperidine rings is 1. The molecule has 1 aromatic carbocycles. The fraction of sp³-hybridized carbons (Fsp3) is 0.524. The van der Waals surface area contributed by atoms with Gasteiger partial charge in [-0.15, -0.1) is 36.2 Å². The van der Waals surface area contributed by atoms with Crippen molar-refractivity contribution in [1.82, 2.24) is 15.2 Å². The normalized spacial score (nSPS) is 14.1. The molecule has 1 aliphatic rings. The number of nitrogens with zero attached hydrogens (tertiary/aromatic N) is 2. The monoisotopic (exact) mass is 459 g/mol. The Labute approximate surface area is 190 Å². The SMILES string of the molecule is CCNCC1CCN(C(=O)Cc2csc(-c3ccc(OCC)cc3)n2)CC1.Cl.Cl. The zero-order valence-corrected chi connectivity index (χ0v) is 19.5. The van der Waals surface area contributed by atoms with Crippen molar-refractivity contribution in [3.63, 3.8) is 0 Å². The minimum absolute atomic E-state index is 0. The van der Waals surface area contributed by atoms with E-state index in [1.165, 1.54) is 0 Å². The zero-order valence-electron chi connectivity index (χ0n) is 17.1. The molecule has 0 unspecified atom stereocenters. The molecule has 8 heteroatoms. The van der Waals surface area contributed by atoms with Crippen molar-refractivity contribution in [2.24, 2.45) is 5.92 Å². The first kappa shape index (κ1) is 25.7. The fourth-order valence-corrected chi connectivity index (χ4v) is 4.21. The van der Waals surface area contributed by atoms with Crippen LogP contribution in [-0.2, 0) is 11.2 Å². The summed E-state index contributed by atoms with van der Waals surface area (Å²) >= 11 is 1.59. The maximum absolute atomic E-state index is 12.6. The largest absolute Gasteiger partial charge is 0.494 e. The van der Waals surface area contributed by atoms with E-state index in [-0.39, 0.29) is 30.7 Å². The summed E-state index contributed by atoms with van der Waals surface area (Å²) in [5, 5.41) is 6.36. The summed E-state index contributed by atoms with van der Waals surface area (Å²) in [4.78, 5) is 19.3. The summed E-state index contributed by atoms with van der Waals surface area (Å²) in [6, 6.07) is 7.96. The molecular weight excluding hydrogens is 429 g/mol. The van der Waals surface area contributed by atoms with Gasteiger partial charge in [-0.1, -0.05) is 6.92 Å². The molecule has 1 aliphatic heterocycles. The number of benzene rings is 1. The molecule has 1 fully saturated rings. The van der Waals surface area contributed by atoms with Crippen LogP contribution in [-0.4, -0.2) is 48.6 Å². The molecule has 1 saturated heterocycles. The Balaban J connectivity index is 0.00000210. The second-order valence-corrected chi connectivity index (χ2v) is 7.77. The van der Waals surface area contributed by atoms with E-state index in [2.05, 4.69) is 17.2 Å². The molecule has 0 saturated carbocycles. The van der Waals surface area contributed by atoms with Crippen LogP contribution in [0.2, 0.25) is 0 Å². The Morgan fingerprint density at radius 3 is 2.52 bits per heavy atom. The van der Waals surface area contributed by atoms with Gasteiger partial charge in [0.1, 0.15) is 10.8 Å². The van der Waals surface area contributed by atoms with Crippen LogP contribution in [0.3, 0.4) is 0 Å². The van der Waals surface area contributed by atoms with Gasteiger partial charge in [-0.2, -0.15) is 0 Å². The van der Waals surface area contributed by atoms with Crippen molar-refractivity contribution < 1.29 is 9.53 Å². The molecule has 0 atom stereocenters. The summed E-state index contributed by atoms with van der Waals surface area (Å²) in [5.41, 5.74) is 1.93. The third-order valence-electron chi connectivity index (χ3n) is 4.95. The average molecular weight is 460 g/mol. The Hall–Kier alpha value is -1.34. The third-order valence-corrected chi connectivity index (χ3v) is 5.89. The van der Waals surface area contributed by atoms with Crippen LogP contribution in [0.1, 0.15) is 32.4 Å². The number of halogens is 2. The molecule has 0 aliphatic carbocycles. The van der Waals surface area contributed by atoms with Gasteiger partial charge in [0.2, 0.25) is 5.91 Å². The number of hydrogen-bond acceptors (Lipinski definition) is 5. The Morgan fingerprint density at radius 2 is 1.90 bits per heavy atom. The Bertz CT molecular complexity index is 732. The average Bonchev–Trinajstić information content (AvgIpc) is 3.16. The molecular formula is C21H31Cl2N3O2S. The van der Waals surface area contributed by atoms with E-state index < -0.39 is 0 Å². The molecule has 1 amide bonds. The van der Waals surface area contributed by atoms with E-state index >= 15 is 0 Å². The predicted molar refractivity (Wildman–Crippen MR) is 125 cm³/mol. The van der Waals surface area contributed by atoms with E-state index in [4.69, 9.17) is 4.74 Å². The van der Waals surface area contributed by atoms with Gasteiger partial charge in [-0.25, -0.2) is 4.98 Å². The fourth-order valence-electron chi connectivity index (χ4n) is 3.38. The number of ether oxygens (including phenoxy) is 1. The summed E-state index contributed by atoms with van der Waals surface area (Å²) in [6.07, 6.45) is 2.58. The van der Waals surface area contributed by atoms with Crippen molar-refractivity contribution in [3.8, 4) is 16.3 Å². The maximum atomic E-state index is 12.6. The van der Waals surface area contributed by atoms with Crippen LogP contribution in [0, 0.1) is 5.92 Å². The number of nitrogens with one attached hydrogen (secondary N) is 1. The first-order chi connectivity index (χ1) is 13.2. The minimum atomic E-state index is 0. The molecule has 0 radical (unpaired) electrons. The molecule has 2 aromatic rings. The highest BCUT2D eigenvalue weighted by atomic mass is 35.5. The molecule has 1 aromatic heterocycles. The molecule has 5 nitrogen and oxygen atoms in total. The highest BCUT2D eigenvalue weighted by molar-refractivity contribution is 7.13. The second kappa shape index (κ2) is 13.1. The lowest BCUT2D eigenvalue weighted by atomic mass is 9.96. The van der Waals surface area contributed by atoms with Crippen LogP contribution in [0.25, 0.3) is 10.6 Å². The van der Waals surface area contributed by atoms with Crippen LogP contribution in [0.5, 0.6) is 5.75 Å². The lowest BCUT2D eigenvalue weighted by Crippen LogP contribution is -2.41. The first-order valence-electron chi connectivity index (χ1n) is 9.85. The standard InChI is InChI=1S/C21H29N3O2S.2ClH/c1-3-22-14-16-9-11-24(12-10-16)20(25)13-18-15-27-21(23-18)17-5-7-19(8-6-17)26-4-2;;/h5-8,15-16,22H,3-4,9-14H2,1-2H3;2*1H. The van der Waals surface area contributed by atoms with Gasteiger partial charge < -0.3 is 15.0 Å². The highest BCUT2D eigenvalue weighted by Gasteiger charge is 2.23. The molecule has 162 valence electrons. The van der Waals surface area contributed by atoms with Gasteiger partial charge in [0.05, 0.1) is 18.7 Å². The summed E-state index contributed by atoms with van der Waals surface area (Å²) in [7, 11) is 0. The number of likely N-dealkylation sites (tertiary alicyclic amines) is 1. The second-order valence-electron chi connectivity index (χ2n) is 6.91. The van der Waals surface area contributed by atoms with E-state index in [0.29, 0.717) is 18.9 Å². The lowest BCUT2D eigenvalue weighted by molar-refractivity contribution is -0.131. The summed E-state index contributed by atoms with van der Waals surface area (Å²) in [5.74, 6) is 1.76. The maximum Gasteiger partial charge on any atom is 0.228 e. The minimum Gasteiger partial charge on any atom is -0.494 e. The number of carbonyl (C=O) groups excluding carboxylic acids is 1. The molecule has 1 N–H and O–H groups in total. The van der Waals surface area contributed by atoms with E-state index in [1.54, 1.807) is 11.3 Å². The van der Waals surface area contributed by atoms with E-state index in [0.717, 1.165) is 61.0 Å². The smallest absolute Gasteiger partial charge is 0.228 e. The van der Waals surface area contributed by atoms with Gasteiger partial charge in [-0.05, 0) is 63.0 Å². The first-order valence-corrected chi connectivity index (χ1v) is 10.7. The topological polar surface area (TPSA) is 54.5 Å². The van der Waals surface area contributed by atoms with Gasteiger partial charge >= 0.3 is 0 Å².